The number of hydrogen-bond acceptors (Lipinski definition) is 7. The van der Waals surface area contributed by atoms with Crippen molar-refractivity contribution in [3.63, 3.8) is 0 Å². The Bertz CT molecular complexity index is 1000. The number of nitrogens with zero attached hydrogens (tertiary/aromatic N) is 1. The number of hydrogen-bond donors (Lipinski definition) is 0. The van der Waals surface area contributed by atoms with Gasteiger partial charge in [-0.05, 0) is 52.8 Å². The van der Waals surface area contributed by atoms with Gasteiger partial charge in [-0.2, -0.15) is 0 Å². The molecule has 1 aromatic heterocycles. The lowest BCUT2D eigenvalue weighted by atomic mass is 9.82. The van der Waals surface area contributed by atoms with Crippen molar-refractivity contribution < 1.29 is 23.7 Å². The molecule has 2 bridgehead atoms. The molecule has 150 valence electrons. The first-order valence-electron chi connectivity index (χ1n) is 9.86. The SMILES string of the molecule is CO[C@H]1C[C@H]2C(=C[C@@H]1OC(=O)c1cccs1)[C@H]1CN2Cc2cc3c(cc21)OCO3. The Morgan fingerprint density at radius 1 is 1.28 bits per heavy atom. The Hall–Kier alpha value is -2.35. The number of rotatable bonds is 3. The van der Waals surface area contributed by atoms with E-state index in [4.69, 9.17) is 18.9 Å². The average Bonchev–Trinajstić information content (AvgIpc) is 3.46. The third-order valence-electron chi connectivity index (χ3n) is 6.48. The van der Waals surface area contributed by atoms with E-state index in [-0.39, 0.29) is 25.0 Å². The average molecular weight is 411 g/mol. The summed E-state index contributed by atoms with van der Waals surface area (Å²) in [6.45, 7) is 2.15. The zero-order chi connectivity index (χ0) is 19.5. The zero-order valence-electron chi connectivity index (χ0n) is 16.0. The lowest BCUT2D eigenvalue weighted by Gasteiger charge is -2.34. The monoisotopic (exact) mass is 411 g/mol. The van der Waals surface area contributed by atoms with Crippen LogP contribution in [0.4, 0.5) is 0 Å². The molecule has 0 saturated carbocycles. The highest BCUT2D eigenvalue weighted by Gasteiger charge is 2.47. The lowest BCUT2D eigenvalue weighted by molar-refractivity contribution is -0.0314. The summed E-state index contributed by atoms with van der Waals surface area (Å²) >= 11 is 1.40. The van der Waals surface area contributed by atoms with Gasteiger partial charge in [-0.3, -0.25) is 4.90 Å². The summed E-state index contributed by atoms with van der Waals surface area (Å²) in [5.41, 5.74) is 3.93. The van der Waals surface area contributed by atoms with E-state index in [9.17, 15) is 4.79 Å². The number of esters is 1. The standard InChI is InChI=1S/C22H21NO5S/c1-25-17-8-16-14(7-20(17)28-22(24)21-3-2-4-29-21)15-10-23(16)9-12-5-18-19(6-13(12)15)27-11-26-18/h2-7,15-17,20H,8-11H2,1H3/t15-,16-,17-,20-/m0/s1. The van der Waals surface area contributed by atoms with Gasteiger partial charge in [0.15, 0.2) is 11.5 Å². The van der Waals surface area contributed by atoms with E-state index in [1.54, 1.807) is 13.2 Å². The number of benzene rings is 1. The molecule has 1 aliphatic carbocycles. The second-order valence-electron chi connectivity index (χ2n) is 7.93. The molecule has 1 unspecified atom stereocenters. The molecular weight excluding hydrogens is 390 g/mol. The van der Waals surface area contributed by atoms with Crippen LogP contribution in [-0.2, 0) is 16.0 Å². The van der Waals surface area contributed by atoms with Crippen molar-refractivity contribution in [1.82, 2.24) is 4.90 Å². The normalized spacial score (nSPS) is 31.1. The van der Waals surface area contributed by atoms with Crippen molar-refractivity contribution in [2.75, 3.05) is 20.4 Å². The number of methoxy groups -OCH3 is 1. The van der Waals surface area contributed by atoms with Gasteiger partial charge < -0.3 is 18.9 Å². The highest BCUT2D eigenvalue weighted by atomic mass is 32.1. The minimum absolute atomic E-state index is 0.146. The van der Waals surface area contributed by atoms with E-state index < -0.39 is 0 Å². The van der Waals surface area contributed by atoms with Crippen LogP contribution in [0.25, 0.3) is 0 Å². The highest BCUT2D eigenvalue weighted by molar-refractivity contribution is 7.11. The molecule has 29 heavy (non-hydrogen) atoms. The van der Waals surface area contributed by atoms with Crippen LogP contribution in [-0.4, -0.2) is 49.6 Å². The van der Waals surface area contributed by atoms with E-state index >= 15 is 0 Å². The molecule has 4 aliphatic rings. The van der Waals surface area contributed by atoms with E-state index in [2.05, 4.69) is 23.1 Å². The first-order valence-corrected chi connectivity index (χ1v) is 10.7. The molecule has 4 heterocycles. The van der Waals surface area contributed by atoms with Crippen LogP contribution >= 0.6 is 11.3 Å². The van der Waals surface area contributed by atoms with E-state index in [0.29, 0.717) is 16.8 Å². The highest BCUT2D eigenvalue weighted by Crippen LogP contribution is 2.50. The maximum Gasteiger partial charge on any atom is 0.348 e. The largest absolute Gasteiger partial charge is 0.454 e. The molecule has 0 amide bonds. The van der Waals surface area contributed by atoms with Gasteiger partial charge in [-0.25, -0.2) is 4.79 Å². The Morgan fingerprint density at radius 3 is 2.93 bits per heavy atom. The third kappa shape index (κ3) is 2.72. The summed E-state index contributed by atoms with van der Waals surface area (Å²) in [6, 6.07) is 8.22. The van der Waals surface area contributed by atoms with Gasteiger partial charge in [-0.15, -0.1) is 11.3 Å². The molecule has 7 heteroatoms. The van der Waals surface area contributed by atoms with Crippen LogP contribution < -0.4 is 9.47 Å². The summed E-state index contributed by atoms with van der Waals surface area (Å²) in [4.78, 5) is 15.7. The van der Waals surface area contributed by atoms with Crippen LogP contribution in [0.2, 0.25) is 0 Å². The molecule has 6 nitrogen and oxygen atoms in total. The van der Waals surface area contributed by atoms with Gasteiger partial charge in [0.25, 0.3) is 0 Å². The summed E-state index contributed by atoms with van der Waals surface area (Å²) in [7, 11) is 1.69. The van der Waals surface area contributed by atoms with Crippen molar-refractivity contribution in [3.8, 4) is 11.5 Å². The molecule has 1 aromatic carbocycles. The molecule has 0 N–H and O–H groups in total. The molecule has 0 spiro atoms. The number of thiophene rings is 1. The molecular formula is C22H21NO5S. The second-order valence-corrected chi connectivity index (χ2v) is 8.87. The Labute approximate surface area is 172 Å². The fraction of sp³-hybridized carbons (Fsp3) is 0.409. The topological polar surface area (TPSA) is 57.2 Å². The molecule has 5 atom stereocenters. The van der Waals surface area contributed by atoms with E-state index in [0.717, 1.165) is 31.0 Å². The molecule has 0 radical (unpaired) electrons. The molecule has 3 aliphatic heterocycles. The first kappa shape index (κ1) is 17.5. The summed E-state index contributed by atoms with van der Waals surface area (Å²) in [6.07, 6.45) is 2.44. The molecule has 1 fully saturated rings. The fourth-order valence-corrected chi connectivity index (χ4v) is 5.73. The fourth-order valence-electron chi connectivity index (χ4n) is 5.12. The minimum Gasteiger partial charge on any atom is -0.454 e. The van der Waals surface area contributed by atoms with Gasteiger partial charge in [0.05, 0.1) is 6.10 Å². The van der Waals surface area contributed by atoms with Crippen molar-refractivity contribution in [1.29, 1.82) is 0 Å². The van der Waals surface area contributed by atoms with Gasteiger partial charge in [0, 0.05) is 32.2 Å². The van der Waals surface area contributed by atoms with Crippen LogP contribution in [0.15, 0.2) is 41.3 Å². The zero-order valence-corrected chi connectivity index (χ0v) is 16.8. The van der Waals surface area contributed by atoms with Crippen LogP contribution in [0.3, 0.4) is 0 Å². The summed E-state index contributed by atoms with van der Waals surface area (Å²) < 4.78 is 22.8. The first-order chi connectivity index (χ1) is 14.2. The Balaban J connectivity index is 1.35. The lowest BCUT2D eigenvalue weighted by Crippen LogP contribution is -2.42. The van der Waals surface area contributed by atoms with E-state index in [1.807, 2.05) is 11.4 Å². The maximum absolute atomic E-state index is 12.5. The third-order valence-corrected chi connectivity index (χ3v) is 7.33. The van der Waals surface area contributed by atoms with Crippen LogP contribution in [0.1, 0.15) is 33.1 Å². The van der Waals surface area contributed by atoms with E-state index in [1.165, 1.54) is 28.0 Å². The van der Waals surface area contributed by atoms with Gasteiger partial charge in [0.2, 0.25) is 6.79 Å². The quantitative estimate of drug-likeness (QED) is 0.571. The molecule has 1 saturated heterocycles. The predicted octanol–water partition coefficient (Wildman–Crippen LogP) is 3.33. The summed E-state index contributed by atoms with van der Waals surface area (Å²) in [5, 5.41) is 1.88. The van der Waals surface area contributed by atoms with Gasteiger partial charge in [-0.1, -0.05) is 6.07 Å². The number of carbonyl (C=O) groups is 1. The smallest absolute Gasteiger partial charge is 0.348 e. The molecule has 6 rings (SSSR count). The maximum atomic E-state index is 12.5. The Morgan fingerprint density at radius 2 is 2.14 bits per heavy atom. The van der Waals surface area contributed by atoms with Crippen molar-refractivity contribution in [2.24, 2.45) is 0 Å². The van der Waals surface area contributed by atoms with Gasteiger partial charge >= 0.3 is 5.97 Å². The van der Waals surface area contributed by atoms with Crippen LogP contribution in [0.5, 0.6) is 11.5 Å². The second kappa shape index (κ2) is 6.58. The summed E-state index contributed by atoms with van der Waals surface area (Å²) in [5.74, 6) is 1.67. The number of carbonyl (C=O) groups excluding carboxylic acids is 1. The van der Waals surface area contributed by atoms with Crippen molar-refractivity contribution in [3.05, 3.63) is 57.3 Å². The number of fused-ring (bicyclic) bond motifs is 8. The van der Waals surface area contributed by atoms with Crippen molar-refractivity contribution >= 4 is 17.3 Å². The Kier molecular flexibility index (Phi) is 3.97. The number of ether oxygens (including phenoxy) is 4. The van der Waals surface area contributed by atoms with Gasteiger partial charge in [0.1, 0.15) is 11.0 Å². The minimum atomic E-state index is -0.376. The van der Waals surface area contributed by atoms with Crippen molar-refractivity contribution in [2.45, 2.75) is 37.1 Å². The molecule has 2 aromatic rings. The predicted molar refractivity (Wildman–Crippen MR) is 107 cm³/mol. The van der Waals surface area contributed by atoms with Crippen LogP contribution in [0, 0.1) is 0 Å².